The van der Waals surface area contributed by atoms with Gasteiger partial charge in [-0.3, -0.25) is 14.2 Å². The smallest absolute Gasteiger partial charge is 0.306 e. The van der Waals surface area contributed by atoms with Gasteiger partial charge in [0.15, 0.2) is 6.10 Å². The van der Waals surface area contributed by atoms with E-state index in [9.17, 15) is 19.0 Å². The molecule has 0 aliphatic rings. The first-order valence-corrected chi connectivity index (χ1v) is 30.6. The van der Waals surface area contributed by atoms with Gasteiger partial charge < -0.3 is 27.9 Å². The predicted molar refractivity (Wildman–Crippen MR) is 300 cm³/mol. The van der Waals surface area contributed by atoms with E-state index in [0.717, 1.165) is 83.5 Å². The highest BCUT2D eigenvalue weighted by Crippen LogP contribution is 2.38. The Hall–Kier alpha value is -2.55. The lowest BCUT2D eigenvalue weighted by molar-refractivity contribution is -0.870. The highest BCUT2D eigenvalue weighted by molar-refractivity contribution is 7.45. The van der Waals surface area contributed by atoms with E-state index in [1.54, 1.807) is 0 Å². The number of hydrogen-bond acceptors (Lipinski definition) is 8. The summed E-state index contributed by atoms with van der Waals surface area (Å²) in [5.41, 5.74) is 0. The average Bonchev–Trinajstić information content (AvgIpc) is 3.33. The van der Waals surface area contributed by atoms with Crippen LogP contribution < -0.4 is 4.89 Å². The first-order valence-electron chi connectivity index (χ1n) is 29.1. The minimum atomic E-state index is -4.64. The minimum Gasteiger partial charge on any atom is -0.756 e. The lowest BCUT2D eigenvalue weighted by atomic mass is 10.0. The summed E-state index contributed by atoms with van der Waals surface area (Å²) in [7, 11) is 1.16. The van der Waals surface area contributed by atoms with E-state index in [-0.39, 0.29) is 32.0 Å². The summed E-state index contributed by atoms with van der Waals surface area (Å²) in [6.45, 7) is 4.12. The first kappa shape index (κ1) is 68.5. The molecule has 0 amide bonds. The van der Waals surface area contributed by atoms with Crippen LogP contribution in [-0.2, 0) is 32.7 Å². The van der Waals surface area contributed by atoms with E-state index in [4.69, 9.17) is 18.5 Å². The monoisotopic (exact) mass is 1020 g/mol. The van der Waals surface area contributed by atoms with Crippen molar-refractivity contribution in [2.75, 3.05) is 47.5 Å². The van der Waals surface area contributed by atoms with Gasteiger partial charge >= 0.3 is 11.9 Å². The third-order valence-corrected chi connectivity index (χ3v) is 13.4. The molecule has 0 saturated carbocycles. The number of quaternary nitrogens is 1. The molecule has 0 aliphatic heterocycles. The van der Waals surface area contributed by atoms with Crippen molar-refractivity contribution < 1.29 is 42.1 Å². The van der Waals surface area contributed by atoms with Gasteiger partial charge in [-0.25, -0.2) is 0 Å². The molecule has 0 aromatic heterocycles. The molecular formula is C61H110NO8P. The Labute approximate surface area is 438 Å². The molecule has 9 nitrogen and oxygen atoms in total. The van der Waals surface area contributed by atoms with Crippen LogP contribution in [0.2, 0.25) is 0 Å². The van der Waals surface area contributed by atoms with Crippen molar-refractivity contribution in [1.82, 2.24) is 0 Å². The SMILES string of the molecule is CC/C=C\C/C=C\C/C=C\C/C=C\CCCCCCCCCCCCCCCCCCC(=O)OC(COC(=O)CCCCCCCCC/C=C\C/C=C\CCCCCC)COP(=O)([O-])OCC[N+](C)(C)C. The number of ether oxygens (including phenoxy) is 2. The first-order chi connectivity index (χ1) is 34.5. The highest BCUT2D eigenvalue weighted by Gasteiger charge is 2.22. The Morgan fingerprint density at radius 2 is 0.803 bits per heavy atom. The molecule has 2 atom stereocenters. The van der Waals surface area contributed by atoms with Crippen molar-refractivity contribution in [3.05, 3.63) is 72.9 Å². The summed E-state index contributed by atoms with van der Waals surface area (Å²) < 4.78 is 34.2. The predicted octanol–water partition coefficient (Wildman–Crippen LogP) is 17.5. The average molecular weight is 1020 g/mol. The number of rotatable bonds is 53. The molecule has 0 aromatic rings. The maximum Gasteiger partial charge on any atom is 0.306 e. The molecule has 0 radical (unpaired) electrons. The lowest BCUT2D eigenvalue weighted by Gasteiger charge is -2.28. The molecule has 0 saturated heterocycles. The van der Waals surface area contributed by atoms with Crippen LogP contribution in [0.3, 0.4) is 0 Å². The van der Waals surface area contributed by atoms with E-state index in [1.807, 2.05) is 21.1 Å². The van der Waals surface area contributed by atoms with E-state index in [0.29, 0.717) is 17.4 Å². The molecule has 0 aliphatic carbocycles. The minimum absolute atomic E-state index is 0.0337. The van der Waals surface area contributed by atoms with Crippen LogP contribution in [0.1, 0.15) is 251 Å². The zero-order valence-corrected chi connectivity index (χ0v) is 47.6. The highest BCUT2D eigenvalue weighted by atomic mass is 31.2. The van der Waals surface area contributed by atoms with Crippen LogP contribution in [0.25, 0.3) is 0 Å². The normalized spacial score (nSPS) is 13.8. The molecule has 2 unspecified atom stereocenters. The van der Waals surface area contributed by atoms with E-state index < -0.39 is 26.5 Å². The zero-order chi connectivity index (χ0) is 52.0. The Morgan fingerprint density at radius 3 is 1.20 bits per heavy atom. The van der Waals surface area contributed by atoms with Gasteiger partial charge in [0, 0.05) is 12.8 Å². The fourth-order valence-electron chi connectivity index (χ4n) is 7.97. The van der Waals surface area contributed by atoms with E-state index in [2.05, 4.69) is 86.8 Å². The van der Waals surface area contributed by atoms with Crippen LogP contribution in [0.5, 0.6) is 0 Å². The van der Waals surface area contributed by atoms with Gasteiger partial charge in [0.1, 0.15) is 19.8 Å². The maximum absolute atomic E-state index is 12.8. The number of phosphoric ester groups is 1. The fraction of sp³-hybridized carbons (Fsp3) is 0.770. The Kier molecular flexibility index (Phi) is 50.4. The van der Waals surface area contributed by atoms with Crippen molar-refractivity contribution in [3.8, 4) is 0 Å². The second kappa shape index (κ2) is 52.3. The molecule has 0 bridgehead atoms. The molecule has 0 rings (SSSR count). The third kappa shape index (κ3) is 56.6. The number of likely N-dealkylation sites (N-methyl/N-ethyl adjacent to an activating group) is 1. The summed E-state index contributed by atoms with van der Waals surface area (Å²) in [6, 6.07) is 0. The van der Waals surface area contributed by atoms with E-state index >= 15 is 0 Å². The molecule has 0 fully saturated rings. The standard InChI is InChI=1S/C61H110NO8P/c1-6-8-10-12-14-16-18-20-22-24-26-27-28-29-30-31-32-33-34-35-36-38-40-42-44-46-48-50-52-54-61(64)70-59(58-69-71(65,66)68-56-55-62(3,4)5)57-67-60(63)53-51-49-47-45-43-41-39-37-25-23-21-19-17-15-13-11-9-7-2/h8,10,14,16-17,19-20,22-23,25-27,59H,6-7,9,11-13,15,18,21,24,28-58H2,1-5H3/b10-8-,16-14-,19-17-,22-20-,25-23-,27-26-. The Bertz CT molecular complexity index is 1430. The second-order valence-corrected chi connectivity index (χ2v) is 22.0. The number of hydrogen-bond donors (Lipinski definition) is 0. The van der Waals surface area contributed by atoms with Gasteiger partial charge in [-0.05, 0) is 83.5 Å². The van der Waals surface area contributed by atoms with Gasteiger partial charge in [0.25, 0.3) is 7.82 Å². The molecule has 0 heterocycles. The Balaban J connectivity index is 4.13. The van der Waals surface area contributed by atoms with Crippen molar-refractivity contribution in [2.24, 2.45) is 0 Å². The summed E-state index contributed by atoms with van der Waals surface area (Å²) in [6.07, 6.45) is 68.0. The number of esters is 2. The van der Waals surface area contributed by atoms with Gasteiger partial charge in [0.2, 0.25) is 0 Å². The zero-order valence-electron chi connectivity index (χ0n) is 46.7. The summed E-state index contributed by atoms with van der Waals surface area (Å²) >= 11 is 0. The fourth-order valence-corrected chi connectivity index (χ4v) is 8.70. The topological polar surface area (TPSA) is 111 Å². The largest absolute Gasteiger partial charge is 0.756 e. The number of phosphoric acid groups is 1. The van der Waals surface area contributed by atoms with Crippen molar-refractivity contribution >= 4 is 19.8 Å². The van der Waals surface area contributed by atoms with Gasteiger partial charge in [-0.1, -0.05) is 228 Å². The molecule has 0 spiro atoms. The van der Waals surface area contributed by atoms with E-state index in [1.165, 1.54) is 135 Å². The van der Waals surface area contributed by atoms with Crippen LogP contribution in [0, 0.1) is 0 Å². The van der Waals surface area contributed by atoms with Gasteiger partial charge in [-0.15, -0.1) is 0 Å². The molecule has 0 N–H and O–H groups in total. The molecule has 71 heavy (non-hydrogen) atoms. The number of unbranched alkanes of at least 4 members (excludes halogenated alkanes) is 27. The molecule has 0 aromatic carbocycles. The number of carbonyl (C=O) groups is 2. The van der Waals surface area contributed by atoms with Crippen LogP contribution in [0.4, 0.5) is 0 Å². The number of carbonyl (C=O) groups excluding carboxylic acids is 2. The second-order valence-electron chi connectivity index (χ2n) is 20.6. The number of allylic oxidation sites excluding steroid dienone is 12. The quantitative estimate of drug-likeness (QED) is 0.0195. The molecule has 412 valence electrons. The molecular weight excluding hydrogens is 906 g/mol. The maximum atomic E-state index is 12.8. The van der Waals surface area contributed by atoms with Crippen LogP contribution in [0.15, 0.2) is 72.9 Å². The third-order valence-electron chi connectivity index (χ3n) is 12.5. The Morgan fingerprint density at radius 1 is 0.451 bits per heavy atom. The van der Waals surface area contributed by atoms with Crippen LogP contribution >= 0.6 is 7.82 Å². The van der Waals surface area contributed by atoms with Crippen molar-refractivity contribution in [1.29, 1.82) is 0 Å². The van der Waals surface area contributed by atoms with Gasteiger partial charge in [0.05, 0.1) is 27.7 Å². The van der Waals surface area contributed by atoms with Crippen molar-refractivity contribution in [3.63, 3.8) is 0 Å². The summed E-state index contributed by atoms with van der Waals surface area (Å²) in [5.74, 6) is -0.838. The number of nitrogens with zero attached hydrogens (tertiary/aromatic N) is 1. The summed E-state index contributed by atoms with van der Waals surface area (Å²) in [4.78, 5) is 37.9. The van der Waals surface area contributed by atoms with Gasteiger partial charge in [-0.2, -0.15) is 0 Å². The van der Waals surface area contributed by atoms with Crippen LogP contribution in [-0.4, -0.2) is 70.0 Å². The molecule has 10 heteroatoms. The van der Waals surface area contributed by atoms with Crippen molar-refractivity contribution in [2.45, 2.75) is 258 Å². The lowest BCUT2D eigenvalue weighted by Crippen LogP contribution is -2.37. The summed E-state index contributed by atoms with van der Waals surface area (Å²) in [5, 5.41) is 0.